The molecular weight excluding hydrogens is 979 g/mol. The second kappa shape index (κ2) is 37.8. The van der Waals surface area contributed by atoms with Gasteiger partial charge in [-0.25, -0.2) is 34.2 Å². The Bertz CT molecular complexity index is 2910. The summed E-state index contributed by atoms with van der Waals surface area (Å²) in [4.78, 5) is 75.6. The molecule has 0 aromatic carbocycles. The van der Waals surface area contributed by atoms with Crippen molar-refractivity contribution in [2.45, 2.75) is 110 Å². The van der Waals surface area contributed by atoms with Crippen LogP contribution in [0.15, 0.2) is 118 Å². The number of imidazole rings is 1. The van der Waals surface area contributed by atoms with Crippen LogP contribution in [-0.4, -0.2) is 92.0 Å². The third-order valence-electron chi connectivity index (χ3n) is 10.1. The van der Waals surface area contributed by atoms with Gasteiger partial charge in [0, 0.05) is 133 Å². The lowest BCUT2D eigenvalue weighted by molar-refractivity contribution is -0.187. The first kappa shape index (κ1) is 69.1. The molecule has 0 radical (unpaired) electrons. The molecule has 1 saturated heterocycles. The number of hydrogen-bond donors (Lipinski definition) is 0. The number of hydrogen-bond acceptors (Lipinski definition) is 15. The zero-order chi connectivity index (χ0) is 58.8. The lowest BCUT2D eigenvalue weighted by atomic mass is 10.2. The van der Waals surface area contributed by atoms with Crippen LogP contribution in [0.25, 0.3) is 0 Å². The average molecular weight is 1060 g/mol. The van der Waals surface area contributed by atoms with E-state index in [-0.39, 0.29) is 28.8 Å². The highest BCUT2D eigenvalue weighted by molar-refractivity contribution is 5.15. The van der Waals surface area contributed by atoms with Crippen LogP contribution < -0.4 is 22.5 Å². The van der Waals surface area contributed by atoms with Crippen molar-refractivity contribution in [3.63, 3.8) is 0 Å². The van der Waals surface area contributed by atoms with Gasteiger partial charge in [-0.3, -0.25) is 38.7 Å². The molecule has 0 saturated carbocycles. The molecule has 0 amide bonds. The fourth-order valence-corrected chi connectivity index (χ4v) is 5.49. The summed E-state index contributed by atoms with van der Waals surface area (Å²) in [5, 5.41) is 3.88. The molecule has 77 heavy (non-hydrogen) atoms. The summed E-state index contributed by atoms with van der Waals surface area (Å²) in [6, 6.07) is 8.05. The van der Waals surface area contributed by atoms with E-state index < -0.39 is 0 Å². The molecule has 21 heteroatoms. The number of pyridine rings is 2. The summed E-state index contributed by atoms with van der Waals surface area (Å²) in [6.45, 7) is 30.8. The monoisotopic (exact) mass is 1060 g/mol. The Labute approximate surface area is 454 Å². The molecule has 9 rings (SSSR count). The van der Waals surface area contributed by atoms with Crippen molar-refractivity contribution in [1.82, 2.24) is 72.5 Å². The smallest absolute Gasteiger partial charge is 0.345 e. The maximum absolute atomic E-state index is 11.1. The van der Waals surface area contributed by atoms with Crippen LogP contribution in [0, 0.1) is 82.1 Å². The normalized spacial score (nSPS) is 12.5. The Balaban J connectivity index is 0.000000843. The molecule has 0 bridgehead atoms. The summed E-state index contributed by atoms with van der Waals surface area (Å²) < 4.78 is 19.0. The predicted molar refractivity (Wildman–Crippen MR) is 305 cm³/mol. The maximum Gasteiger partial charge on any atom is 0.345 e. The number of rotatable bonds is 0. The Kier molecular flexibility index (Phi) is 33.9. The lowest BCUT2D eigenvalue weighted by Gasteiger charge is -2.24. The summed E-state index contributed by atoms with van der Waals surface area (Å²) in [5.74, 6) is 2.14. The van der Waals surface area contributed by atoms with Gasteiger partial charge in [-0.1, -0.05) is 26.8 Å². The van der Waals surface area contributed by atoms with E-state index in [1.807, 2.05) is 117 Å². The molecule has 8 aromatic heterocycles. The van der Waals surface area contributed by atoms with E-state index in [1.165, 1.54) is 49.1 Å². The van der Waals surface area contributed by atoms with E-state index >= 15 is 0 Å². The number of aromatic nitrogens is 15. The fraction of sp³-hybridized carbons (Fsp3) is 0.446. The van der Waals surface area contributed by atoms with Gasteiger partial charge in [-0.2, -0.15) is 5.10 Å². The molecule has 0 spiro atoms. The van der Waals surface area contributed by atoms with E-state index in [9.17, 15) is 19.2 Å². The molecule has 0 atom stereocenters. The van der Waals surface area contributed by atoms with Gasteiger partial charge in [0.05, 0.1) is 37.3 Å². The summed E-state index contributed by atoms with van der Waals surface area (Å²) in [6.07, 6.45) is 20.8. The topological polar surface area (TPSA) is 232 Å². The van der Waals surface area contributed by atoms with E-state index in [4.69, 9.17) is 9.47 Å². The van der Waals surface area contributed by atoms with Gasteiger partial charge in [0.25, 0.3) is 11.1 Å². The molecule has 1 aliphatic rings. The molecule has 0 unspecified atom stereocenters. The number of nitrogens with zero attached hydrogens (tertiary/aromatic N) is 15. The van der Waals surface area contributed by atoms with Crippen LogP contribution >= 0.6 is 0 Å². The van der Waals surface area contributed by atoms with Crippen molar-refractivity contribution in [2.24, 2.45) is 48.2 Å². The molecule has 8 aromatic rings. The highest BCUT2D eigenvalue weighted by atomic mass is 16.7. The second-order valence-corrected chi connectivity index (χ2v) is 17.6. The zero-order valence-corrected chi connectivity index (χ0v) is 49.5. The van der Waals surface area contributed by atoms with E-state index in [0.29, 0.717) is 17.0 Å². The molecule has 0 N–H and O–H groups in total. The Hall–Kier alpha value is -7.91. The SMILES string of the molecule is CC.CC1COC(C)OC1.Cc1cccnc1C.Cc1ccnc(C)c1.Cc1cn(C)c(=O)n(C)c1=O.Cc1cnc(C)cn1.Cc1cnc(C)nc1.Cc1cncn(C)c1=O.Cc1nn(C)c(=O)n1C.Cn1ccnc1. The third-order valence-corrected chi connectivity index (χ3v) is 10.1. The fourth-order valence-electron chi connectivity index (χ4n) is 5.49. The zero-order valence-electron chi connectivity index (χ0n) is 49.5. The second-order valence-electron chi connectivity index (χ2n) is 17.6. The third kappa shape index (κ3) is 29.7. The van der Waals surface area contributed by atoms with Crippen molar-refractivity contribution in [3.05, 3.63) is 203 Å². The van der Waals surface area contributed by atoms with Gasteiger partial charge in [-0.05, 0) is 118 Å². The average Bonchev–Trinajstić information content (AvgIpc) is 3.98. The van der Waals surface area contributed by atoms with Crippen molar-refractivity contribution in [3.8, 4) is 0 Å². The van der Waals surface area contributed by atoms with Crippen LogP contribution in [0.4, 0.5) is 0 Å². The summed E-state index contributed by atoms with van der Waals surface area (Å²) in [5.41, 5.74) is 8.46. The molecule has 0 aliphatic carbocycles. The van der Waals surface area contributed by atoms with Gasteiger partial charge >= 0.3 is 11.4 Å². The minimum Gasteiger partial charge on any atom is -0.353 e. The standard InChI is InChI=1S/C7H10N2O2.2C7H9N.C6H8N2O.2C6H8N2.C6H12O2.C5H9N3O.C4H6N2.C2H6/c1-5-4-8(2)7(11)9(3)6(5)10;1-6-3-4-8-7(2)5-6;1-6-4-3-5-8-7(6)2;1-5-3-7-4-8(2)6(5)9;1-5-3-8-6(2)4-7-5;2*1-5-3-7-6(2)8-4-5;1-4-6-8(3)5(9)7(4)2;1-6-3-2-5-4-6;1-2/h4H,1-3H3;2*3-5H,1-2H3;3-4H,1-2H3;2*3-4H,1-2H3;5-6H,3-4H2,1-2H3;1-3H3;2-4H,1H3;1-2H3. The minimum atomic E-state index is -0.291. The predicted octanol–water partition coefficient (Wildman–Crippen LogP) is 6.95. The molecule has 1 aliphatic heterocycles. The van der Waals surface area contributed by atoms with Crippen LogP contribution in [-0.2, 0) is 51.8 Å². The van der Waals surface area contributed by atoms with Crippen molar-refractivity contribution >= 4 is 0 Å². The van der Waals surface area contributed by atoms with E-state index in [1.54, 1.807) is 80.1 Å². The minimum absolute atomic E-state index is 0.0185. The van der Waals surface area contributed by atoms with Crippen LogP contribution in [0.5, 0.6) is 0 Å². The van der Waals surface area contributed by atoms with E-state index in [2.05, 4.69) is 77.9 Å². The van der Waals surface area contributed by atoms with Gasteiger partial charge in [0.1, 0.15) is 11.6 Å². The van der Waals surface area contributed by atoms with Crippen molar-refractivity contribution < 1.29 is 9.47 Å². The van der Waals surface area contributed by atoms with Gasteiger partial charge in [0.2, 0.25) is 0 Å². The highest BCUT2D eigenvalue weighted by Crippen LogP contribution is 2.08. The first-order valence-electron chi connectivity index (χ1n) is 24.9. The van der Waals surface area contributed by atoms with E-state index in [0.717, 1.165) is 57.8 Å². The number of aryl methyl sites for hydroxylation is 15. The largest absolute Gasteiger partial charge is 0.353 e. The van der Waals surface area contributed by atoms with Gasteiger partial charge < -0.3 is 23.2 Å². The Morgan fingerprint density at radius 1 is 0.532 bits per heavy atom. The lowest BCUT2D eigenvalue weighted by Crippen LogP contribution is -2.37. The van der Waals surface area contributed by atoms with Crippen LogP contribution in [0.2, 0.25) is 0 Å². The maximum atomic E-state index is 11.1. The number of ether oxygens (including phenoxy) is 2. The highest BCUT2D eigenvalue weighted by Gasteiger charge is 2.13. The van der Waals surface area contributed by atoms with Crippen LogP contribution in [0.3, 0.4) is 0 Å². The summed E-state index contributed by atoms with van der Waals surface area (Å²) in [7, 11) is 10.0. The Morgan fingerprint density at radius 2 is 1.12 bits per heavy atom. The van der Waals surface area contributed by atoms with Crippen LogP contribution in [0.1, 0.15) is 89.9 Å². The molecule has 420 valence electrons. The first-order valence-corrected chi connectivity index (χ1v) is 24.9. The molecule has 9 heterocycles. The molecule has 1 fully saturated rings. The first-order chi connectivity index (χ1) is 36.2. The van der Waals surface area contributed by atoms with Gasteiger partial charge in [-0.15, -0.1) is 0 Å². The summed E-state index contributed by atoms with van der Waals surface area (Å²) >= 11 is 0. The van der Waals surface area contributed by atoms with Crippen molar-refractivity contribution in [1.29, 1.82) is 0 Å². The molecule has 21 nitrogen and oxygen atoms in total. The Morgan fingerprint density at radius 3 is 1.45 bits per heavy atom. The quantitative estimate of drug-likeness (QED) is 0.149. The molecular formula is C56H85N15O6. The van der Waals surface area contributed by atoms with Crippen molar-refractivity contribution in [2.75, 3.05) is 13.2 Å². The van der Waals surface area contributed by atoms with Gasteiger partial charge in [0.15, 0.2) is 6.29 Å².